The van der Waals surface area contributed by atoms with Gasteiger partial charge in [-0.25, -0.2) is 0 Å². The van der Waals surface area contributed by atoms with Crippen molar-refractivity contribution in [2.75, 3.05) is 24.6 Å². The fraction of sp³-hybridized carbons (Fsp3) is 0.320. The Labute approximate surface area is 191 Å². The van der Waals surface area contributed by atoms with Crippen LogP contribution in [0.3, 0.4) is 0 Å². The summed E-state index contributed by atoms with van der Waals surface area (Å²) in [6, 6.07) is 15.9. The summed E-state index contributed by atoms with van der Waals surface area (Å²) in [4.78, 5) is 20.3. The Balaban J connectivity index is 1.56. The number of hydrogen-bond acceptors (Lipinski definition) is 6. The van der Waals surface area contributed by atoms with Crippen molar-refractivity contribution in [1.82, 2.24) is 14.6 Å². The standard InChI is InChI=1S/C25H28N4O2S/c1-4-7-16-31-21-14-10-19(11-15-21)23-26-25-29(27-23)24(30)22(32-25)17-18-8-12-20(13-9-18)28(5-2)6-3/h8-15,17H,4-7,16H2,1-3H3/b22-17-. The average Bonchev–Trinajstić information content (AvgIpc) is 3.36. The summed E-state index contributed by atoms with van der Waals surface area (Å²) in [5.41, 5.74) is 2.89. The number of aromatic nitrogens is 3. The predicted molar refractivity (Wildman–Crippen MR) is 132 cm³/mol. The summed E-state index contributed by atoms with van der Waals surface area (Å²) in [6.45, 7) is 9.08. The van der Waals surface area contributed by atoms with E-state index in [9.17, 15) is 4.79 Å². The molecule has 32 heavy (non-hydrogen) atoms. The Morgan fingerprint density at radius 1 is 1.03 bits per heavy atom. The van der Waals surface area contributed by atoms with E-state index in [0.29, 0.717) is 21.9 Å². The molecule has 2 aromatic heterocycles. The molecule has 0 radical (unpaired) electrons. The molecule has 0 unspecified atom stereocenters. The highest BCUT2D eigenvalue weighted by Gasteiger charge is 2.12. The van der Waals surface area contributed by atoms with Crippen molar-refractivity contribution >= 4 is 28.1 Å². The third-order valence-corrected chi connectivity index (χ3v) is 6.34. The second-order valence-electron chi connectivity index (χ2n) is 7.54. The maximum atomic E-state index is 12.9. The molecule has 0 aliphatic rings. The molecule has 0 saturated heterocycles. The van der Waals surface area contributed by atoms with Gasteiger partial charge in [0.2, 0.25) is 4.96 Å². The number of fused-ring (bicyclic) bond motifs is 1. The van der Waals surface area contributed by atoms with E-state index in [-0.39, 0.29) is 5.56 Å². The summed E-state index contributed by atoms with van der Waals surface area (Å²) in [7, 11) is 0. The van der Waals surface area contributed by atoms with Gasteiger partial charge in [0.25, 0.3) is 5.56 Å². The zero-order chi connectivity index (χ0) is 22.5. The van der Waals surface area contributed by atoms with Crippen molar-refractivity contribution in [3.05, 3.63) is 69.0 Å². The third kappa shape index (κ3) is 4.67. The van der Waals surface area contributed by atoms with Crippen molar-refractivity contribution < 1.29 is 4.74 Å². The number of rotatable bonds is 9. The molecule has 166 valence electrons. The Hall–Kier alpha value is -3.19. The first kappa shape index (κ1) is 22.0. The van der Waals surface area contributed by atoms with E-state index >= 15 is 0 Å². The van der Waals surface area contributed by atoms with Crippen LogP contribution >= 0.6 is 11.3 Å². The van der Waals surface area contributed by atoms with E-state index in [1.807, 2.05) is 42.5 Å². The maximum Gasteiger partial charge on any atom is 0.291 e. The first-order valence-electron chi connectivity index (χ1n) is 11.1. The molecule has 0 aliphatic heterocycles. The third-order valence-electron chi connectivity index (χ3n) is 5.38. The largest absolute Gasteiger partial charge is 0.494 e. The van der Waals surface area contributed by atoms with Crippen LogP contribution in [-0.4, -0.2) is 34.3 Å². The van der Waals surface area contributed by atoms with E-state index in [1.54, 1.807) is 0 Å². The zero-order valence-corrected chi connectivity index (χ0v) is 19.6. The smallest absolute Gasteiger partial charge is 0.291 e. The fourth-order valence-corrected chi connectivity index (χ4v) is 4.42. The second-order valence-corrected chi connectivity index (χ2v) is 8.54. The second kappa shape index (κ2) is 9.96. The topological polar surface area (TPSA) is 59.7 Å². The summed E-state index contributed by atoms with van der Waals surface area (Å²) in [5.74, 6) is 1.38. The molecule has 2 aromatic carbocycles. The summed E-state index contributed by atoms with van der Waals surface area (Å²) in [5, 5.41) is 4.45. The maximum absolute atomic E-state index is 12.9. The van der Waals surface area contributed by atoms with Crippen LogP contribution in [0.1, 0.15) is 39.2 Å². The van der Waals surface area contributed by atoms with Crippen LogP contribution in [0.5, 0.6) is 5.75 Å². The van der Waals surface area contributed by atoms with Gasteiger partial charge in [-0.2, -0.15) is 9.50 Å². The van der Waals surface area contributed by atoms with Gasteiger partial charge in [0.05, 0.1) is 11.1 Å². The van der Waals surface area contributed by atoms with Crippen LogP contribution in [0, 0.1) is 0 Å². The monoisotopic (exact) mass is 448 g/mol. The summed E-state index contributed by atoms with van der Waals surface area (Å²) >= 11 is 1.36. The van der Waals surface area contributed by atoms with Crippen LogP contribution in [0.25, 0.3) is 22.4 Å². The normalized spacial score (nSPS) is 11.9. The number of anilines is 1. The lowest BCUT2D eigenvalue weighted by Gasteiger charge is -2.20. The molecular formula is C25H28N4O2S. The molecule has 0 bridgehead atoms. The molecule has 0 fully saturated rings. The zero-order valence-electron chi connectivity index (χ0n) is 18.7. The Kier molecular flexibility index (Phi) is 6.85. The lowest BCUT2D eigenvalue weighted by atomic mass is 10.2. The summed E-state index contributed by atoms with van der Waals surface area (Å²) in [6.07, 6.45) is 4.04. The highest BCUT2D eigenvalue weighted by atomic mass is 32.1. The highest BCUT2D eigenvalue weighted by molar-refractivity contribution is 7.15. The van der Waals surface area contributed by atoms with E-state index < -0.39 is 0 Å². The van der Waals surface area contributed by atoms with Gasteiger partial charge in [-0.3, -0.25) is 4.79 Å². The predicted octanol–water partition coefficient (Wildman–Crippen LogP) is 4.39. The SMILES string of the molecule is CCCCOc1ccc(-c2nc3s/c(=C\c4ccc(N(CC)CC)cc4)c(=O)n3n2)cc1. The van der Waals surface area contributed by atoms with Crippen molar-refractivity contribution in [2.45, 2.75) is 33.6 Å². The molecule has 6 nitrogen and oxygen atoms in total. The Bertz CT molecular complexity index is 1270. The molecule has 0 N–H and O–H groups in total. The molecule has 4 aromatic rings. The van der Waals surface area contributed by atoms with Gasteiger partial charge in [0.1, 0.15) is 5.75 Å². The molecule has 0 saturated carbocycles. The van der Waals surface area contributed by atoms with Gasteiger partial charge in [-0.05, 0) is 68.3 Å². The van der Waals surface area contributed by atoms with Crippen molar-refractivity contribution in [3.8, 4) is 17.1 Å². The number of ether oxygens (including phenoxy) is 1. The van der Waals surface area contributed by atoms with Gasteiger partial charge in [-0.1, -0.05) is 36.8 Å². The molecule has 0 amide bonds. The average molecular weight is 449 g/mol. The van der Waals surface area contributed by atoms with Crippen molar-refractivity contribution in [1.29, 1.82) is 0 Å². The number of hydrogen-bond donors (Lipinski definition) is 0. The van der Waals surface area contributed by atoms with Gasteiger partial charge in [0, 0.05) is 24.3 Å². The number of nitrogens with zero attached hydrogens (tertiary/aromatic N) is 4. The minimum atomic E-state index is -0.143. The van der Waals surface area contributed by atoms with Crippen molar-refractivity contribution in [2.24, 2.45) is 0 Å². The Morgan fingerprint density at radius 3 is 2.38 bits per heavy atom. The van der Waals surface area contributed by atoms with Crippen LogP contribution in [0.15, 0.2) is 53.3 Å². The highest BCUT2D eigenvalue weighted by Crippen LogP contribution is 2.21. The molecular weight excluding hydrogens is 420 g/mol. The van der Waals surface area contributed by atoms with Crippen LogP contribution in [0.2, 0.25) is 0 Å². The van der Waals surface area contributed by atoms with Gasteiger partial charge in [-0.15, -0.1) is 5.10 Å². The quantitative estimate of drug-likeness (QED) is 0.356. The van der Waals surface area contributed by atoms with Crippen LogP contribution in [0.4, 0.5) is 5.69 Å². The van der Waals surface area contributed by atoms with Gasteiger partial charge >= 0.3 is 0 Å². The van der Waals surface area contributed by atoms with Crippen LogP contribution in [-0.2, 0) is 0 Å². The van der Waals surface area contributed by atoms with Gasteiger partial charge in [0.15, 0.2) is 5.82 Å². The number of benzene rings is 2. The Morgan fingerprint density at radius 2 is 1.75 bits per heavy atom. The molecule has 0 aliphatic carbocycles. The lowest BCUT2D eigenvalue weighted by Crippen LogP contribution is -2.23. The van der Waals surface area contributed by atoms with Gasteiger partial charge < -0.3 is 9.64 Å². The first-order valence-corrected chi connectivity index (χ1v) is 11.9. The number of thiazole rings is 1. The molecule has 0 spiro atoms. The minimum Gasteiger partial charge on any atom is -0.494 e. The van der Waals surface area contributed by atoms with E-state index in [0.717, 1.165) is 42.8 Å². The van der Waals surface area contributed by atoms with E-state index in [1.165, 1.54) is 21.5 Å². The lowest BCUT2D eigenvalue weighted by molar-refractivity contribution is 0.309. The molecule has 4 rings (SSSR count). The van der Waals surface area contributed by atoms with E-state index in [2.05, 4.69) is 47.9 Å². The molecule has 0 atom stereocenters. The first-order chi connectivity index (χ1) is 15.6. The molecule has 2 heterocycles. The summed E-state index contributed by atoms with van der Waals surface area (Å²) < 4.78 is 7.72. The van der Waals surface area contributed by atoms with Crippen LogP contribution < -0.4 is 19.7 Å². The van der Waals surface area contributed by atoms with Crippen molar-refractivity contribution in [3.63, 3.8) is 0 Å². The van der Waals surface area contributed by atoms with E-state index in [4.69, 9.17) is 4.74 Å². The minimum absolute atomic E-state index is 0.143. The molecule has 7 heteroatoms. The number of unbranched alkanes of at least 4 members (excludes halogenated alkanes) is 1. The fourth-order valence-electron chi connectivity index (χ4n) is 3.51.